The molecule has 110 valence electrons. The number of aryl methyl sites for hydroxylation is 4. The molecule has 0 aliphatic carbocycles. The smallest absolute Gasteiger partial charge is 0.0766 e. The minimum Gasteiger partial charge on any atom is -0.323 e. The van der Waals surface area contributed by atoms with Gasteiger partial charge in [0.2, 0.25) is 0 Å². The van der Waals surface area contributed by atoms with Crippen molar-refractivity contribution < 1.29 is 0 Å². The summed E-state index contributed by atoms with van der Waals surface area (Å²) in [6.45, 7) is 9.42. The van der Waals surface area contributed by atoms with Gasteiger partial charge in [0, 0.05) is 28.8 Å². The first-order chi connectivity index (χ1) is 9.47. The molecule has 2 aromatic rings. The van der Waals surface area contributed by atoms with E-state index in [9.17, 15) is 0 Å². The Morgan fingerprint density at radius 3 is 2.60 bits per heavy atom. The second-order valence-corrected chi connectivity index (χ2v) is 7.16. The topological polar surface area (TPSA) is 43.8 Å². The van der Waals surface area contributed by atoms with Crippen molar-refractivity contribution >= 4 is 27.3 Å². The molecule has 0 saturated carbocycles. The van der Waals surface area contributed by atoms with Crippen molar-refractivity contribution in [3.63, 3.8) is 0 Å². The number of thiophene rings is 1. The zero-order valence-electron chi connectivity index (χ0n) is 12.5. The van der Waals surface area contributed by atoms with E-state index < -0.39 is 0 Å². The summed E-state index contributed by atoms with van der Waals surface area (Å²) in [6.07, 6.45) is 1.76. The fourth-order valence-corrected chi connectivity index (χ4v) is 4.08. The first kappa shape index (κ1) is 15.7. The van der Waals surface area contributed by atoms with Gasteiger partial charge in [-0.2, -0.15) is 5.10 Å². The molecule has 1 atom stereocenters. The third kappa shape index (κ3) is 3.00. The molecule has 0 aliphatic rings. The molecule has 3 nitrogen and oxygen atoms in total. The van der Waals surface area contributed by atoms with Crippen molar-refractivity contribution in [3.8, 4) is 0 Å². The van der Waals surface area contributed by atoms with Crippen LogP contribution < -0.4 is 5.73 Å². The van der Waals surface area contributed by atoms with Crippen LogP contribution in [0.25, 0.3) is 0 Å². The maximum absolute atomic E-state index is 6.40. The van der Waals surface area contributed by atoms with Crippen molar-refractivity contribution in [1.82, 2.24) is 9.78 Å². The largest absolute Gasteiger partial charge is 0.323 e. The number of aromatic nitrogens is 2. The number of nitrogens with two attached hydrogens (primary N) is 1. The van der Waals surface area contributed by atoms with Gasteiger partial charge in [0.25, 0.3) is 0 Å². The van der Waals surface area contributed by atoms with Crippen molar-refractivity contribution in [2.75, 3.05) is 0 Å². The second kappa shape index (κ2) is 6.41. The standard InChI is InChI=1S/C15H22BrN3S/c1-5-12-15(16)13(19(6-2)18-12)8-11(17)14-7-9(3)10(4)20-14/h7,11H,5-6,8,17H2,1-4H3. The van der Waals surface area contributed by atoms with Crippen LogP contribution in [-0.2, 0) is 19.4 Å². The summed E-state index contributed by atoms with van der Waals surface area (Å²) in [6, 6.07) is 2.25. The first-order valence-corrected chi connectivity index (χ1v) is 8.65. The van der Waals surface area contributed by atoms with Crippen molar-refractivity contribution in [1.29, 1.82) is 0 Å². The zero-order chi connectivity index (χ0) is 14.9. The minimum atomic E-state index is 0.0374. The number of nitrogens with zero attached hydrogens (tertiary/aromatic N) is 2. The molecule has 0 aliphatic heterocycles. The summed E-state index contributed by atoms with van der Waals surface area (Å²) in [5, 5.41) is 4.63. The van der Waals surface area contributed by atoms with E-state index in [-0.39, 0.29) is 6.04 Å². The van der Waals surface area contributed by atoms with Crippen molar-refractivity contribution in [3.05, 3.63) is 37.2 Å². The SMILES string of the molecule is CCc1nn(CC)c(CC(N)c2cc(C)c(C)s2)c1Br. The molecule has 0 aromatic carbocycles. The van der Waals surface area contributed by atoms with Gasteiger partial charge in [-0.1, -0.05) is 6.92 Å². The molecule has 2 rings (SSSR count). The minimum absolute atomic E-state index is 0.0374. The lowest BCUT2D eigenvalue weighted by atomic mass is 10.1. The summed E-state index contributed by atoms with van der Waals surface area (Å²) in [5.74, 6) is 0. The summed E-state index contributed by atoms with van der Waals surface area (Å²) < 4.78 is 3.19. The van der Waals surface area contributed by atoms with Gasteiger partial charge in [-0.15, -0.1) is 11.3 Å². The quantitative estimate of drug-likeness (QED) is 0.875. The van der Waals surface area contributed by atoms with E-state index in [1.807, 2.05) is 0 Å². The predicted octanol–water partition coefficient (Wildman–Crippen LogP) is 4.15. The fraction of sp³-hybridized carbons (Fsp3) is 0.533. The molecular formula is C15H22BrN3S. The van der Waals surface area contributed by atoms with Gasteiger partial charge in [-0.3, -0.25) is 4.68 Å². The van der Waals surface area contributed by atoms with Crippen molar-refractivity contribution in [2.45, 2.75) is 53.1 Å². The summed E-state index contributed by atoms with van der Waals surface area (Å²) >= 11 is 5.49. The summed E-state index contributed by atoms with van der Waals surface area (Å²) in [7, 11) is 0. The molecule has 1 unspecified atom stereocenters. The average Bonchev–Trinajstić information content (AvgIpc) is 2.92. The van der Waals surface area contributed by atoms with Crippen LogP contribution in [0.15, 0.2) is 10.5 Å². The zero-order valence-corrected chi connectivity index (χ0v) is 14.9. The molecular weight excluding hydrogens is 334 g/mol. The van der Waals surface area contributed by atoms with Crippen LogP contribution in [0.3, 0.4) is 0 Å². The van der Waals surface area contributed by atoms with E-state index in [2.05, 4.69) is 59.5 Å². The molecule has 0 saturated heterocycles. The Morgan fingerprint density at radius 2 is 2.10 bits per heavy atom. The van der Waals surface area contributed by atoms with Gasteiger partial charge in [0.15, 0.2) is 0 Å². The van der Waals surface area contributed by atoms with E-state index in [1.165, 1.54) is 21.0 Å². The molecule has 0 amide bonds. The maximum Gasteiger partial charge on any atom is 0.0766 e. The first-order valence-electron chi connectivity index (χ1n) is 7.04. The Bertz CT molecular complexity index is 581. The predicted molar refractivity (Wildman–Crippen MR) is 89.4 cm³/mol. The van der Waals surface area contributed by atoms with Crippen molar-refractivity contribution in [2.24, 2.45) is 5.73 Å². The second-order valence-electron chi connectivity index (χ2n) is 5.08. The van der Waals surface area contributed by atoms with E-state index >= 15 is 0 Å². The lowest BCUT2D eigenvalue weighted by molar-refractivity contribution is 0.587. The third-order valence-corrected chi connectivity index (χ3v) is 5.86. The molecule has 2 N–H and O–H groups in total. The highest BCUT2D eigenvalue weighted by Crippen LogP contribution is 2.30. The van der Waals surface area contributed by atoms with Crippen LogP contribution in [-0.4, -0.2) is 9.78 Å². The number of rotatable bonds is 5. The molecule has 0 spiro atoms. The number of halogens is 1. The molecule has 2 heterocycles. The highest BCUT2D eigenvalue weighted by Gasteiger charge is 2.18. The Hall–Kier alpha value is -0.650. The van der Waals surface area contributed by atoms with Gasteiger partial charge >= 0.3 is 0 Å². The Labute approximate surface area is 133 Å². The van der Waals surface area contributed by atoms with Gasteiger partial charge in [0.1, 0.15) is 0 Å². The Kier molecular flexibility index (Phi) is 5.04. The van der Waals surface area contributed by atoms with Crippen LogP contribution >= 0.6 is 27.3 Å². The highest BCUT2D eigenvalue weighted by molar-refractivity contribution is 9.10. The van der Waals surface area contributed by atoms with E-state index in [1.54, 1.807) is 11.3 Å². The molecule has 0 radical (unpaired) electrons. The van der Waals surface area contributed by atoms with Gasteiger partial charge in [0.05, 0.1) is 15.9 Å². The van der Waals surface area contributed by atoms with Gasteiger partial charge < -0.3 is 5.73 Å². The maximum atomic E-state index is 6.40. The van der Waals surface area contributed by atoms with Crippen LogP contribution in [0.5, 0.6) is 0 Å². The molecule has 0 bridgehead atoms. The highest BCUT2D eigenvalue weighted by atomic mass is 79.9. The summed E-state index contributed by atoms with van der Waals surface area (Å²) in [5.41, 5.74) is 10.1. The number of hydrogen-bond donors (Lipinski definition) is 1. The normalized spacial score (nSPS) is 12.9. The van der Waals surface area contributed by atoms with Crippen LogP contribution in [0.2, 0.25) is 0 Å². The Balaban J connectivity index is 2.27. The van der Waals surface area contributed by atoms with E-state index in [0.29, 0.717) is 0 Å². The third-order valence-electron chi connectivity index (χ3n) is 3.66. The van der Waals surface area contributed by atoms with Gasteiger partial charge in [-0.25, -0.2) is 0 Å². The molecule has 2 aromatic heterocycles. The van der Waals surface area contributed by atoms with Crippen LogP contribution in [0, 0.1) is 13.8 Å². The lowest BCUT2D eigenvalue weighted by Gasteiger charge is -2.11. The van der Waals surface area contributed by atoms with Crippen LogP contribution in [0.4, 0.5) is 0 Å². The molecule has 5 heteroatoms. The monoisotopic (exact) mass is 355 g/mol. The van der Waals surface area contributed by atoms with Crippen LogP contribution in [0.1, 0.15) is 46.6 Å². The Morgan fingerprint density at radius 1 is 1.40 bits per heavy atom. The van der Waals surface area contributed by atoms with Gasteiger partial charge in [-0.05, 0) is 54.8 Å². The molecule has 0 fully saturated rings. The van der Waals surface area contributed by atoms with E-state index in [0.717, 1.165) is 29.6 Å². The average molecular weight is 356 g/mol. The lowest BCUT2D eigenvalue weighted by Crippen LogP contribution is -2.15. The summed E-state index contributed by atoms with van der Waals surface area (Å²) in [4.78, 5) is 2.61. The molecule has 20 heavy (non-hydrogen) atoms. The number of hydrogen-bond acceptors (Lipinski definition) is 3. The fourth-order valence-electron chi connectivity index (χ4n) is 2.31. The van der Waals surface area contributed by atoms with E-state index in [4.69, 9.17) is 5.73 Å².